The van der Waals surface area contributed by atoms with Crippen LogP contribution in [0.3, 0.4) is 0 Å². The van der Waals surface area contributed by atoms with Gasteiger partial charge in [0.25, 0.3) is 0 Å². The molecule has 0 aliphatic heterocycles. The fourth-order valence-electron chi connectivity index (χ4n) is 3.39. The molecule has 4 aromatic rings. The van der Waals surface area contributed by atoms with Crippen LogP contribution in [0.4, 0.5) is 5.13 Å². The Balaban J connectivity index is 1.48. The molecule has 0 radical (unpaired) electrons. The number of hydrogen-bond donors (Lipinski definition) is 2. The van der Waals surface area contributed by atoms with Crippen molar-refractivity contribution in [2.24, 2.45) is 5.41 Å². The summed E-state index contributed by atoms with van der Waals surface area (Å²) >= 11 is 1.55. The van der Waals surface area contributed by atoms with Crippen molar-refractivity contribution in [1.29, 1.82) is 0 Å². The Morgan fingerprint density at radius 1 is 1.07 bits per heavy atom. The van der Waals surface area contributed by atoms with Crippen LogP contribution in [0.15, 0.2) is 71.6 Å². The molecule has 2 aromatic carbocycles. The van der Waals surface area contributed by atoms with E-state index in [1.54, 1.807) is 17.5 Å². The Hall–Kier alpha value is -3.45. The van der Waals surface area contributed by atoms with Crippen LogP contribution in [0.25, 0.3) is 33.0 Å². The second kappa shape index (κ2) is 7.42. The average Bonchev–Trinajstić information content (AvgIpc) is 3.19. The number of hydrogen-bond acceptors (Lipinski definition) is 6. The molecule has 0 spiro atoms. The molecule has 0 saturated heterocycles. The van der Waals surface area contributed by atoms with Gasteiger partial charge in [-0.2, -0.15) is 0 Å². The topological polar surface area (TPSA) is 88.2 Å². The van der Waals surface area contributed by atoms with Gasteiger partial charge in [-0.25, -0.2) is 9.97 Å². The molecule has 0 bridgehead atoms. The Kier molecular flexibility index (Phi) is 4.59. The van der Waals surface area contributed by atoms with Crippen LogP contribution in [-0.2, 0) is 4.79 Å². The van der Waals surface area contributed by atoms with Gasteiger partial charge in [0.15, 0.2) is 17.3 Å². The summed E-state index contributed by atoms with van der Waals surface area (Å²) in [5.74, 6) is -0.0214. The molecule has 150 valence electrons. The van der Waals surface area contributed by atoms with E-state index in [0.29, 0.717) is 25.1 Å². The molecule has 2 aromatic heterocycles. The predicted octanol–water partition coefficient (Wildman–Crippen LogP) is 5.41. The summed E-state index contributed by atoms with van der Waals surface area (Å²) in [6, 6.07) is 18.1. The number of benzene rings is 2. The molecule has 2 N–H and O–H groups in total. The van der Waals surface area contributed by atoms with Crippen LogP contribution >= 0.6 is 11.3 Å². The third-order valence-electron chi connectivity index (χ3n) is 5.42. The molecule has 0 amide bonds. The molecule has 7 heteroatoms. The van der Waals surface area contributed by atoms with Gasteiger partial charge in [0.1, 0.15) is 0 Å². The lowest BCUT2D eigenvalue weighted by Crippen LogP contribution is -2.24. The monoisotopic (exact) mass is 417 g/mol. The summed E-state index contributed by atoms with van der Waals surface area (Å²) in [6.45, 7) is 0.397. The van der Waals surface area contributed by atoms with Crippen molar-refractivity contribution in [2.75, 3.05) is 11.9 Å². The molecule has 30 heavy (non-hydrogen) atoms. The lowest BCUT2D eigenvalue weighted by Gasteiger charge is -2.09. The van der Waals surface area contributed by atoms with E-state index in [0.717, 1.165) is 32.4 Å². The zero-order chi connectivity index (χ0) is 20.6. The van der Waals surface area contributed by atoms with Crippen LogP contribution in [0.2, 0.25) is 0 Å². The van der Waals surface area contributed by atoms with Gasteiger partial charge in [0.05, 0.1) is 22.2 Å². The molecule has 1 aliphatic rings. The molecular weight excluding hydrogens is 398 g/mol. The zero-order valence-corrected chi connectivity index (χ0v) is 16.9. The van der Waals surface area contributed by atoms with Gasteiger partial charge in [-0.05, 0) is 18.4 Å². The molecule has 0 unspecified atom stereocenters. The van der Waals surface area contributed by atoms with E-state index in [1.165, 1.54) is 6.39 Å². The Morgan fingerprint density at radius 2 is 1.80 bits per heavy atom. The molecule has 6 nitrogen and oxygen atoms in total. The van der Waals surface area contributed by atoms with Gasteiger partial charge >= 0.3 is 5.97 Å². The number of oxazole rings is 1. The average molecular weight is 417 g/mol. The first kappa shape index (κ1) is 18.6. The quantitative estimate of drug-likeness (QED) is 0.418. The number of nitrogens with one attached hydrogen (secondary N) is 1. The smallest absolute Gasteiger partial charge is 0.311 e. The van der Waals surface area contributed by atoms with Gasteiger partial charge in [-0.15, -0.1) is 0 Å². The van der Waals surface area contributed by atoms with Crippen molar-refractivity contribution in [3.05, 3.63) is 67.2 Å². The van der Waals surface area contributed by atoms with E-state index < -0.39 is 11.4 Å². The minimum atomic E-state index is -0.738. The molecule has 1 saturated carbocycles. The molecule has 1 fully saturated rings. The molecule has 1 aliphatic carbocycles. The van der Waals surface area contributed by atoms with Gasteiger partial charge in [0, 0.05) is 17.7 Å². The van der Waals surface area contributed by atoms with Crippen LogP contribution in [0.1, 0.15) is 12.8 Å². The fraction of sp³-hybridized carbons (Fsp3) is 0.174. The summed E-state index contributed by atoms with van der Waals surface area (Å²) in [6.07, 6.45) is 4.52. The number of carboxylic acids is 1. The summed E-state index contributed by atoms with van der Waals surface area (Å²) < 4.78 is 5.37. The van der Waals surface area contributed by atoms with Crippen molar-refractivity contribution >= 4 is 22.4 Å². The summed E-state index contributed by atoms with van der Waals surface area (Å²) in [4.78, 5) is 21.3. The lowest BCUT2D eigenvalue weighted by molar-refractivity contribution is -0.142. The number of rotatable bonds is 7. The second-order valence-corrected chi connectivity index (χ2v) is 8.44. The predicted molar refractivity (Wildman–Crippen MR) is 116 cm³/mol. The van der Waals surface area contributed by atoms with Crippen molar-refractivity contribution in [3.63, 3.8) is 0 Å². The lowest BCUT2D eigenvalue weighted by atomic mass is 10.0. The van der Waals surface area contributed by atoms with Crippen LogP contribution in [0, 0.1) is 5.41 Å². The summed E-state index contributed by atoms with van der Waals surface area (Å²) in [5, 5.41) is 13.4. The molecular formula is C23H19N3O3S. The number of aliphatic carboxylic acids is 1. The van der Waals surface area contributed by atoms with Crippen LogP contribution in [-0.4, -0.2) is 27.6 Å². The van der Waals surface area contributed by atoms with E-state index in [4.69, 9.17) is 9.40 Å². The molecule has 5 rings (SSSR count). The van der Waals surface area contributed by atoms with Gasteiger partial charge in [-0.3, -0.25) is 4.79 Å². The first-order valence-electron chi connectivity index (χ1n) is 9.67. The van der Waals surface area contributed by atoms with Crippen LogP contribution < -0.4 is 5.32 Å². The van der Waals surface area contributed by atoms with E-state index in [1.807, 2.05) is 42.5 Å². The van der Waals surface area contributed by atoms with Crippen LogP contribution in [0.5, 0.6) is 0 Å². The third-order valence-corrected chi connectivity index (χ3v) is 6.49. The highest BCUT2D eigenvalue weighted by molar-refractivity contribution is 7.19. The van der Waals surface area contributed by atoms with Crippen molar-refractivity contribution in [3.8, 4) is 33.0 Å². The number of thiazole rings is 1. The summed E-state index contributed by atoms with van der Waals surface area (Å²) in [7, 11) is 0. The Morgan fingerprint density at radius 3 is 2.43 bits per heavy atom. The molecule has 0 atom stereocenters. The Bertz CT molecular complexity index is 1160. The fourth-order valence-corrected chi connectivity index (χ4v) is 4.38. The maximum Gasteiger partial charge on any atom is 0.311 e. The van der Waals surface area contributed by atoms with Gasteiger partial charge in [-0.1, -0.05) is 65.9 Å². The first-order chi connectivity index (χ1) is 14.6. The van der Waals surface area contributed by atoms with E-state index >= 15 is 0 Å². The zero-order valence-electron chi connectivity index (χ0n) is 16.0. The van der Waals surface area contributed by atoms with E-state index in [9.17, 15) is 9.90 Å². The second-order valence-electron chi connectivity index (χ2n) is 7.44. The van der Waals surface area contributed by atoms with E-state index in [2.05, 4.69) is 22.4 Å². The highest BCUT2D eigenvalue weighted by Gasteiger charge is 2.50. The van der Waals surface area contributed by atoms with Gasteiger partial charge < -0.3 is 14.8 Å². The number of aromatic nitrogens is 2. The largest absolute Gasteiger partial charge is 0.481 e. The standard InChI is InChI=1S/C23H19N3O3S/c27-21(28)23(10-11-23)13-25-22-26-19(20(30-22)17-4-2-1-3-5-17)16-8-6-15(7-9-16)18-12-24-14-29-18/h1-9,12,14H,10-11,13H2,(H,25,26)(H,27,28). The first-order valence-corrected chi connectivity index (χ1v) is 10.5. The normalized spacial score (nSPS) is 14.4. The minimum Gasteiger partial charge on any atom is -0.481 e. The van der Waals surface area contributed by atoms with Crippen molar-refractivity contribution < 1.29 is 14.3 Å². The number of carboxylic acid groups (broad SMARTS) is 1. The SMILES string of the molecule is O=C(O)C1(CNc2nc(-c3ccc(-c4cnco4)cc3)c(-c3ccccc3)s2)CC1. The van der Waals surface area contributed by atoms with Gasteiger partial charge in [0.2, 0.25) is 0 Å². The number of carbonyl (C=O) groups is 1. The highest BCUT2D eigenvalue weighted by atomic mass is 32.1. The van der Waals surface area contributed by atoms with Crippen molar-refractivity contribution in [2.45, 2.75) is 12.8 Å². The third kappa shape index (κ3) is 3.48. The Labute approximate surface area is 177 Å². The maximum atomic E-state index is 11.5. The highest BCUT2D eigenvalue weighted by Crippen LogP contribution is 2.46. The number of nitrogens with zero attached hydrogens (tertiary/aromatic N) is 2. The number of anilines is 1. The maximum absolute atomic E-state index is 11.5. The molecule has 2 heterocycles. The minimum absolute atomic E-state index is 0.397. The van der Waals surface area contributed by atoms with E-state index in [-0.39, 0.29) is 0 Å². The van der Waals surface area contributed by atoms with Crippen molar-refractivity contribution in [1.82, 2.24) is 9.97 Å². The summed E-state index contributed by atoms with van der Waals surface area (Å²) in [5.41, 5.74) is 3.25.